The van der Waals surface area contributed by atoms with Crippen LogP contribution < -0.4 is 11.1 Å². The van der Waals surface area contributed by atoms with Gasteiger partial charge in [-0.05, 0) is 32.8 Å². The van der Waals surface area contributed by atoms with Crippen molar-refractivity contribution in [2.24, 2.45) is 11.7 Å². The molecule has 5 N–H and O–H groups in total. The number of rotatable bonds is 6. The van der Waals surface area contributed by atoms with Crippen LogP contribution in [-0.4, -0.2) is 102 Å². The summed E-state index contributed by atoms with van der Waals surface area (Å²) in [7, 11) is 1.56. The van der Waals surface area contributed by atoms with Crippen LogP contribution in [0, 0.1) is 5.92 Å². The number of methoxy groups -OCH3 is 1. The van der Waals surface area contributed by atoms with Gasteiger partial charge in [0.05, 0.1) is 47.7 Å². The number of hydrogen-bond donors (Lipinski definition) is 4. The molecule has 2 aromatic carbocycles. The van der Waals surface area contributed by atoms with Gasteiger partial charge in [-0.15, -0.1) is 0 Å². The minimum atomic E-state index is -0.969. The number of phenols is 2. The fourth-order valence-electron chi connectivity index (χ4n) is 7.77. The lowest BCUT2D eigenvalue weighted by atomic mass is 9.73. The van der Waals surface area contributed by atoms with Crippen LogP contribution in [0.1, 0.15) is 75.8 Å². The highest BCUT2D eigenvalue weighted by Gasteiger charge is 2.54. The molecule has 250 valence electrons. The van der Waals surface area contributed by atoms with Gasteiger partial charge >= 0.3 is 0 Å². The van der Waals surface area contributed by atoms with Gasteiger partial charge in [0, 0.05) is 48.7 Å². The van der Waals surface area contributed by atoms with Crippen LogP contribution in [0.2, 0.25) is 0 Å². The maximum Gasteiger partial charge on any atom is 0.238 e. The number of anilines is 1. The Hall–Kier alpha value is -3.76. The Balaban J connectivity index is 1.27. The van der Waals surface area contributed by atoms with E-state index < -0.39 is 71.5 Å². The van der Waals surface area contributed by atoms with Crippen LogP contribution in [0.25, 0.3) is 0 Å². The summed E-state index contributed by atoms with van der Waals surface area (Å²) in [6, 6.07) is 4.26. The predicted molar refractivity (Wildman–Crippen MR) is 162 cm³/mol. The molecule has 7 rings (SSSR count). The molecule has 1 unspecified atom stereocenters. The van der Waals surface area contributed by atoms with Gasteiger partial charge in [0.15, 0.2) is 30.4 Å². The van der Waals surface area contributed by atoms with Crippen molar-refractivity contribution in [3.8, 4) is 11.5 Å². The first-order valence-electron chi connectivity index (χ1n) is 15.7. The Morgan fingerprint density at radius 1 is 1.09 bits per heavy atom. The van der Waals surface area contributed by atoms with Crippen LogP contribution in [0.4, 0.5) is 5.69 Å². The van der Waals surface area contributed by atoms with E-state index in [1.807, 2.05) is 6.92 Å². The highest BCUT2D eigenvalue weighted by Crippen LogP contribution is 2.52. The van der Waals surface area contributed by atoms with Crippen molar-refractivity contribution in [2.45, 2.75) is 76.3 Å². The maximum absolute atomic E-state index is 14.1. The van der Waals surface area contributed by atoms with Gasteiger partial charge < -0.3 is 44.9 Å². The van der Waals surface area contributed by atoms with Crippen LogP contribution in [0.5, 0.6) is 11.5 Å². The fourth-order valence-corrected chi connectivity index (χ4v) is 7.77. The standard InChI is InChI=1S/C33H37N3O11/c1-13(37)15-9-17-24(20(10-15)46-22-11-19-31(14(2)45-22)47-32-33(43-3)44-8-7-36(19)32)30(42)26-25(28(17)40)27(39)16-5-4-6-18(23(16)29(26)41)35-21(38)12-34/h4-6,14-15,19-20,22,31-33,40,42H,7-12,34H2,1-3H3,(H,35,38)/t14-,15+,19-,20-,22?,31+,32+,33-/m0/s1. The van der Waals surface area contributed by atoms with Crippen molar-refractivity contribution in [1.82, 2.24) is 4.90 Å². The van der Waals surface area contributed by atoms with E-state index in [0.717, 1.165) is 0 Å². The Bertz CT molecular complexity index is 1680. The maximum atomic E-state index is 14.1. The van der Waals surface area contributed by atoms with Crippen LogP contribution in [0.15, 0.2) is 18.2 Å². The molecule has 1 amide bonds. The number of fused-ring (bicyclic) bond motifs is 6. The summed E-state index contributed by atoms with van der Waals surface area (Å²) < 4.78 is 30.3. The molecule has 5 aliphatic rings. The van der Waals surface area contributed by atoms with Gasteiger partial charge in [-0.25, -0.2) is 0 Å². The summed E-state index contributed by atoms with van der Waals surface area (Å²) in [5.41, 5.74) is 4.87. The lowest BCUT2D eigenvalue weighted by molar-refractivity contribution is -0.254. The highest BCUT2D eigenvalue weighted by molar-refractivity contribution is 6.32. The van der Waals surface area contributed by atoms with E-state index in [1.165, 1.54) is 25.1 Å². The van der Waals surface area contributed by atoms with Crippen molar-refractivity contribution >= 4 is 28.9 Å². The van der Waals surface area contributed by atoms with E-state index >= 15 is 0 Å². The number of carbonyl (C=O) groups is 4. The topological polar surface area (TPSA) is 196 Å². The first-order chi connectivity index (χ1) is 22.5. The number of aromatic hydroxyl groups is 2. The first-order valence-corrected chi connectivity index (χ1v) is 15.7. The molecule has 8 atom stereocenters. The molecular formula is C33H37N3O11. The third-order valence-electron chi connectivity index (χ3n) is 9.99. The van der Waals surface area contributed by atoms with E-state index in [2.05, 4.69) is 10.2 Å². The van der Waals surface area contributed by atoms with Crippen LogP contribution >= 0.6 is 0 Å². The molecule has 3 aliphatic heterocycles. The van der Waals surface area contributed by atoms with Crippen molar-refractivity contribution in [3.63, 3.8) is 0 Å². The average Bonchev–Trinajstić information content (AvgIpc) is 3.44. The second kappa shape index (κ2) is 12.0. The SMILES string of the molecule is CO[C@H]1OCCN2[C@@H]1O[C@@H]1[C@H](C)OC(O[C@H]3C[C@H](C(C)=O)Cc4c(O)c5c(c(O)c43)C(=O)c3c(NC(=O)CN)cccc3C5=O)C[C@@H]12. The van der Waals surface area contributed by atoms with Gasteiger partial charge in [-0.2, -0.15) is 0 Å². The third-order valence-corrected chi connectivity index (χ3v) is 9.99. The normalized spacial score (nSPS) is 31.3. The Morgan fingerprint density at radius 3 is 2.57 bits per heavy atom. The third kappa shape index (κ3) is 5.06. The number of carbonyl (C=O) groups excluding carboxylic acids is 4. The highest BCUT2D eigenvalue weighted by atomic mass is 16.7. The van der Waals surface area contributed by atoms with Gasteiger partial charge in [0.2, 0.25) is 5.91 Å². The lowest BCUT2D eigenvalue weighted by Gasteiger charge is -2.42. The van der Waals surface area contributed by atoms with Crippen molar-refractivity contribution in [2.75, 3.05) is 32.1 Å². The zero-order chi connectivity index (χ0) is 33.3. The number of Topliss-reactive ketones (excluding diaryl/α,β-unsaturated/α-hetero) is 1. The van der Waals surface area contributed by atoms with E-state index in [9.17, 15) is 29.4 Å². The molecule has 3 heterocycles. The van der Waals surface area contributed by atoms with Gasteiger partial charge in [-0.1, -0.05) is 12.1 Å². The molecule has 0 radical (unpaired) electrons. The van der Waals surface area contributed by atoms with E-state index in [4.69, 9.17) is 29.4 Å². The molecule has 0 aromatic heterocycles. The Kier molecular flexibility index (Phi) is 8.15. The minimum absolute atomic E-state index is 0.0342. The molecule has 0 spiro atoms. The molecule has 3 fully saturated rings. The first kappa shape index (κ1) is 31.8. The number of benzene rings is 2. The number of ether oxygens (including phenoxy) is 5. The zero-order valence-corrected chi connectivity index (χ0v) is 26.2. The monoisotopic (exact) mass is 651 g/mol. The summed E-state index contributed by atoms with van der Waals surface area (Å²) in [5.74, 6) is -3.80. The molecule has 0 saturated carbocycles. The Morgan fingerprint density at radius 2 is 1.85 bits per heavy atom. The van der Waals surface area contributed by atoms with E-state index in [1.54, 1.807) is 7.11 Å². The molecular weight excluding hydrogens is 614 g/mol. The van der Waals surface area contributed by atoms with E-state index in [0.29, 0.717) is 19.6 Å². The number of nitrogens with one attached hydrogen (secondary N) is 1. The van der Waals surface area contributed by atoms with E-state index in [-0.39, 0.29) is 70.8 Å². The largest absolute Gasteiger partial charge is 0.507 e. The number of amides is 1. The molecule has 14 heteroatoms. The summed E-state index contributed by atoms with van der Waals surface area (Å²) in [5, 5.41) is 26.0. The second-order valence-corrected chi connectivity index (χ2v) is 12.6. The number of ketones is 3. The quantitative estimate of drug-likeness (QED) is 0.280. The predicted octanol–water partition coefficient (Wildman–Crippen LogP) is 1.51. The minimum Gasteiger partial charge on any atom is -0.507 e. The van der Waals surface area contributed by atoms with Crippen LogP contribution in [0.3, 0.4) is 0 Å². The lowest BCUT2D eigenvalue weighted by Crippen LogP contribution is -2.55. The van der Waals surface area contributed by atoms with Gasteiger partial charge in [-0.3, -0.25) is 24.1 Å². The summed E-state index contributed by atoms with van der Waals surface area (Å²) >= 11 is 0. The molecule has 2 aromatic rings. The zero-order valence-electron chi connectivity index (χ0n) is 26.2. The van der Waals surface area contributed by atoms with Gasteiger partial charge in [0.25, 0.3) is 0 Å². The second-order valence-electron chi connectivity index (χ2n) is 12.6. The molecule has 14 nitrogen and oxygen atoms in total. The smallest absolute Gasteiger partial charge is 0.238 e. The number of nitrogens with two attached hydrogens (primary N) is 1. The summed E-state index contributed by atoms with van der Waals surface area (Å²) in [4.78, 5) is 54.9. The summed E-state index contributed by atoms with van der Waals surface area (Å²) in [6.45, 7) is 4.05. The fraction of sp³-hybridized carbons (Fsp3) is 0.515. The van der Waals surface area contributed by atoms with Crippen molar-refractivity contribution < 1.29 is 53.1 Å². The number of nitrogens with zero attached hydrogens (tertiary/aromatic N) is 1. The molecule has 2 aliphatic carbocycles. The van der Waals surface area contributed by atoms with Crippen LogP contribution in [-0.2, 0) is 39.7 Å². The van der Waals surface area contributed by atoms with Gasteiger partial charge in [0.1, 0.15) is 23.4 Å². The average molecular weight is 652 g/mol. The number of hydrogen-bond acceptors (Lipinski definition) is 13. The molecule has 3 saturated heterocycles. The number of phenolic OH excluding ortho intramolecular Hbond substituents is 2. The molecule has 0 bridgehead atoms. The van der Waals surface area contributed by atoms with Crippen molar-refractivity contribution in [3.05, 3.63) is 51.6 Å². The Labute approximate surface area is 270 Å². The molecule has 47 heavy (non-hydrogen) atoms. The number of morpholine rings is 1. The summed E-state index contributed by atoms with van der Waals surface area (Å²) in [6.07, 6.45) is -2.82. The van der Waals surface area contributed by atoms with Crippen molar-refractivity contribution in [1.29, 1.82) is 0 Å².